The van der Waals surface area contributed by atoms with Crippen LogP contribution in [0.15, 0.2) is 24.3 Å². The van der Waals surface area contributed by atoms with Crippen LogP contribution in [0.4, 0.5) is 35.1 Å². The summed E-state index contributed by atoms with van der Waals surface area (Å²) in [4.78, 5) is 23.2. The Kier molecular flexibility index (Phi) is 6.54. The molecule has 0 atom stereocenters. The van der Waals surface area contributed by atoms with Gasteiger partial charge in [-0.2, -0.15) is 26.3 Å². The van der Waals surface area contributed by atoms with E-state index in [1.165, 1.54) is 12.1 Å². The predicted molar refractivity (Wildman–Crippen MR) is 75.2 cm³/mol. The smallest absolute Gasteiger partial charge is 0.294 e. The molecule has 1 aromatic rings. The van der Waals surface area contributed by atoms with E-state index in [1.807, 2.05) is 6.92 Å². The number of carbonyl (C=O) groups is 2. The molecule has 2 nitrogen and oxygen atoms in total. The topological polar surface area (TPSA) is 34.1 Å². The number of hydrogen-bond acceptors (Lipinski definition) is 2. The maximum absolute atomic E-state index is 13.5. The van der Waals surface area contributed by atoms with Crippen LogP contribution in [0.25, 0.3) is 0 Å². The number of alkyl halides is 8. The second kappa shape index (κ2) is 7.71. The molecule has 0 spiro atoms. The molecule has 0 bridgehead atoms. The molecular formula is C16H14F8O2. The predicted octanol–water partition coefficient (Wildman–Crippen LogP) is 4.95. The maximum Gasteiger partial charge on any atom is 0.385 e. The van der Waals surface area contributed by atoms with Crippen LogP contribution < -0.4 is 0 Å². The Bertz CT molecular complexity index is 670. The second-order valence-electron chi connectivity index (χ2n) is 5.55. The lowest BCUT2D eigenvalue weighted by Gasteiger charge is -2.31. The van der Waals surface area contributed by atoms with E-state index < -0.39 is 42.2 Å². The van der Waals surface area contributed by atoms with Crippen LogP contribution in [0.5, 0.6) is 0 Å². The molecule has 0 aliphatic carbocycles. The van der Waals surface area contributed by atoms with Gasteiger partial charge in [0.25, 0.3) is 0 Å². The van der Waals surface area contributed by atoms with Gasteiger partial charge in [-0.3, -0.25) is 9.59 Å². The van der Waals surface area contributed by atoms with E-state index in [4.69, 9.17) is 0 Å². The molecule has 0 aromatic heterocycles. The van der Waals surface area contributed by atoms with Gasteiger partial charge in [0.2, 0.25) is 5.78 Å². The highest BCUT2D eigenvalue weighted by Crippen LogP contribution is 2.49. The number of halogens is 8. The molecule has 0 N–H and O–H groups in total. The molecule has 0 heterocycles. The van der Waals surface area contributed by atoms with E-state index in [0.29, 0.717) is 18.4 Å². The highest BCUT2D eigenvalue weighted by Gasteiger charge is 2.77. The van der Waals surface area contributed by atoms with Crippen molar-refractivity contribution in [3.63, 3.8) is 0 Å². The van der Waals surface area contributed by atoms with Crippen LogP contribution in [-0.4, -0.2) is 35.8 Å². The minimum absolute atomic E-state index is 0.260. The summed E-state index contributed by atoms with van der Waals surface area (Å²) in [5, 5.41) is 0. The van der Waals surface area contributed by atoms with Crippen molar-refractivity contribution in [3.05, 3.63) is 35.4 Å². The molecule has 0 aliphatic rings. The van der Waals surface area contributed by atoms with Gasteiger partial charge in [-0.05, 0) is 18.1 Å². The molecule has 146 valence electrons. The van der Waals surface area contributed by atoms with Crippen molar-refractivity contribution in [1.29, 1.82) is 0 Å². The van der Waals surface area contributed by atoms with E-state index in [1.54, 1.807) is 6.07 Å². The largest absolute Gasteiger partial charge is 0.385 e. The normalized spacial score (nSPS) is 13.2. The molecule has 0 aliphatic heterocycles. The van der Waals surface area contributed by atoms with Crippen molar-refractivity contribution < 1.29 is 44.7 Å². The molecule has 26 heavy (non-hydrogen) atoms. The van der Waals surface area contributed by atoms with Crippen LogP contribution in [0.2, 0.25) is 0 Å². The Labute approximate surface area is 143 Å². The molecule has 0 saturated carbocycles. The summed E-state index contributed by atoms with van der Waals surface area (Å²) < 4.78 is 103. The second-order valence-corrected chi connectivity index (χ2v) is 5.55. The third-order valence-corrected chi connectivity index (χ3v) is 3.55. The first-order valence-corrected chi connectivity index (χ1v) is 7.36. The molecular weight excluding hydrogens is 376 g/mol. The Morgan fingerprint density at radius 3 is 2.12 bits per heavy atom. The number of benzene rings is 1. The first kappa shape index (κ1) is 22.0. The first-order chi connectivity index (χ1) is 11.8. The lowest BCUT2D eigenvalue weighted by Crippen LogP contribution is -2.60. The van der Waals surface area contributed by atoms with E-state index in [0.717, 1.165) is 6.07 Å². The van der Waals surface area contributed by atoms with Crippen molar-refractivity contribution in [2.24, 2.45) is 0 Å². The zero-order valence-electron chi connectivity index (χ0n) is 13.3. The van der Waals surface area contributed by atoms with Gasteiger partial charge >= 0.3 is 24.2 Å². The van der Waals surface area contributed by atoms with Crippen LogP contribution in [-0.2, 0) is 11.2 Å². The molecule has 1 aromatic carbocycles. The van der Waals surface area contributed by atoms with Crippen molar-refractivity contribution in [2.45, 2.75) is 50.4 Å². The number of ketones is 2. The van der Waals surface area contributed by atoms with Gasteiger partial charge in [0.1, 0.15) is 0 Å². The van der Waals surface area contributed by atoms with Gasteiger partial charge in [-0.1, -0.05) is 31.5 Å². The van der Waals surface area contributed by atoms with E-state index >= 15 is 0 Å². The zero-order chi connectivity index (χ0) is 20.3. The minimum atomic E-state index is -6.66. The summed E-state index contributed by atoms with van der Waals surface area (Å²) in [7, 11) is 0. The van der Waals surface area contributed by atoms with Crippen molar-refractivity contribution in [2.75, 3.05) is 0 Å². The van der Waals surface area contributed by atoms with Gasteiger partial charge in [0.15, 0.2) is 5.78 Å². The highest BCUT2D eigenvalue weighted by molar-refractivity contribution is 6.10. The molecule has 10 heteroatoms. The monoisotopic (exact) mass is 390 g/mol. The van der Waals surface area contributed by atoms with Gasteiger partial charge < -0.3 is 0 Å². The molecule has 0 fully saturated rings. The fraction of sp³-hybridized carbons (Fsp3) is 0.500. The summed E-state index contributed by atoms with van der Waals surface area (Å²) in [5.74, 6) is -23.4. The Hall–Kier alpha value is -2.00. The molecule has 0 unspecified atom stereocenters. The number of rotatable bonds is 9. The Morgan fingerprint density at radius 1 is 1.04 bits per heavy atom. The summed E-state index contributed by atoms with van der Waals surface area (Å²) >= 11 is 0. The Morgan fingerprint density at radius 2 is 1.62 bits per heavy atom. The van der Waals surface area contributed by atoms with Crippen LogP contribution in [0.3, 0.4) is 0 Å². The van der Waals surface area contributed by atoms with E-state index in [9.17, 15) is 44.7 Å². The SMILES string of the molecule is CCCc1cccc(C(=O)CC(=O)C(F)(F)C(F)(F)C(F)(F)C(F)F)c1. The van der Waals surface area contributed by atoms with Crippen molar-refractivity contribution in [1.82, 2.24) is 0 Å². The van der Waals surface area contributed by atoms with Gasteiger partial charge in [-0.25, -0.2) is 8.78 Å². The fourth-order valence-electron chi connectivity index (χ4n) is 2.07. The van der Waals surface area contributed by atoms with Gasteiger partial charge in [0, 0.05) is 5.56 Å². The molecule has 0 radical (unpaired) electrons. The maximum atomic E-state index is 13.5. The average molecular weight is 390 g/mol. The minimum Gasteiger partial charge on any atom is -0.294 e. The molecule has 1 rings (SSSR count). The highest BCUT2D eigenvalue weighted by atomic mass is 19.4. The fourth-order valence-corrected chi connectivity index (χ4v) is 2.07. The van der Waals surface area contributed by atoms with Crippen molar-refractivity contribution >= 4 is 11.6 Å². The average Bonchev–Trinajstić information content (AvgIpc) is 2.54. The summed E-state index contributed by atoms with van der Waals surface area (Å²) in [6, 6.07) is 5.32. The zero-order valence-corrected chi connectivity index (χ0v) is 13.3. The van der Waals surface area contributed by atoms with E-state index in [-0.39, 0.29) is 5.56 Å². The van der Waals surface area contributed by atoms with E-state index in [2.05, 4.69) is 0 Å². The van der Waals surface area contributed by atoms with Gasteiger partial charge in [0.05, 0.1) is 6.42 Å². The molecule has 0 amide bonds. The summed E-state index contributed by atoms with van der Waals surface area (Å²) in [6.45, 7) is 1.81. The van der Waals surface area contributed by atoms with Crippen LogP contribution in [0, 0.1) is 0 Å². The first-order valence-electron chi connectivity index (χ1n) is 7.36. The lowest BCUT2D eigenvalue weighted by molar-refractivity contribution is -0.327. The lowest BCUT2D eigenvalue weighted by atomic mass is 9.95. The van der Waals surface area contributed by atoms with Crippen LogP contribution >= 0.6 is 0 Å². The standard InChI is InChI=1S/C16H14F8O2/c1-2-4-9-5-3-6-10(7-9)11(25)8-12(26)14(19,20)16(23,24)15(21,22)13(17)18/h3,5-7,13H,2,4,8H2,1H3. The van der Waals surface area contributed by atoms with Gasteiger partial charge in [-0.15, -0.1) is 0 Å². The third-order valence-electron chi connectivity index (χ3n) is 3.55. The molecule has 0 saturated heterocycles. The number of hydrogen-bond donors (Lipinski definition) is 0. The van der Waals surface area contributed by atoms with Crippen molar-refractivity contribution in [3.8, 4) is 0 Å². The summed E-state index contributed by atoms with van der Waals surface area (Å²) in [6.07, 6.45) is -5.79. The summed E-state index contributed by atoms with van der Waals surface area (Å²) in [5.41, 5.74) is 0.344. The third kappa shape index (κ3) is 4.04. The van der Waals surface area contributed by atoms with Crippen LogP contribution in [0.1, 0.15) is 35.7 Å². The quantitative estimate of drug-likeness (QED) is 0.340. The number of carbonyl (C=O) groups excluding carboxylic acids is 2. The number of Topliss-reactive ketones (excluding diaryl/α,β-unsaturated/α-hetero) is 2. The number of aryl methyl sites for hydroxylation is 1. The Balaban J connectivity index is 3.04.